The molecule has 1 aromatic rings. The maximum Gasteiger partial charge on any atom is 0.232 e. The van der Waals surface area contributed by atoms with Crippen molar-refractivity contribution in [2.24, 2.45) is 0 Å². The third kappa shape index (κ3) is 4.99. The number of amides is 1. The Kier molecular flexibility index (Phi) is 6.63. The predicted octanol–water partition coefficient (Wildman–Crippen LogP) is 3.19. The molecule has 0 saturated carbocycles. The first-order chi connectivity index (χ1) is 8.67. The van der Waals surface area contributed by atoms with E-state index in [9.17, 15) is 4.79 Å². The molecule has 0 heterocycles. The molecule has 0 saturated heterocycles. The third-order valence-electron chi connectivity index (χ3n) is 2.40. The molecular weight excluding hydrogens is 268 g/mol. The fraction of sp³-hybridized carbons (Fsp3) is 0.385. The Labute approximate surface area is 117 Å². The number of carbonyl (C=O) groups excluding carboxylic acids is 1. The van der Waals surface area contributed by atoms with Crippen LogP contribution < -0.4 is 0 Å². The second-order valence-electron chi connectivity index (χ2n) is 3.62. The van der Waals surface area contributed by atoms with E-state index < -0.39 is 0 Å². The van der Waals surface area contributed by atoms with Crippen LogP contribution in [-0.4, -0.2) is 29.6 Å². The molecule has 1 rings (SSSR count). The smallest absolute Gasteiger partial charge is 0.232 e. The van der Waals surface area contributed by atoms with Gasteiger partial charge in [-0.3, -0.25) is 4.79 Å². The molecule has 0 aromatic heterocycles. The van der Waals surface area contributed by atoms with Crippen molar-refractivity contribution in [3.8, 4) is 6.07 Å². The molecule has 1 amide bonds. The molecule has 3 nitrogen and oxygen atoms in total. The molecule has 0 bridgehead atoms. The maximum atomic E-state index is 11.9. The highest BCUT2D eigenvalue weighted by Gasteiger charge is 2.11. The minimum Gasteiger partial charge on any atom is -0.341 e. The Balaban J connectivity index is 2.44. The van der Waals surface area contributed by atoms with Gasteiger partial charge in [-0.25, -0.2) is 0 Å². The molecule has 0 spiro atoms. The van der Waals surface area contributed by atoms with Gasteiger partial charge in [0.1, 0.15) is 0 Å². The van der Waals surface area contributed by atoms with Crippen LogP contribution in [0.1, 0.15) is 13.3 Å². The van der Waals surface area contributed by atoms with E-state index in [4.69, 9.17) is 16.9 Å². The summed E-state index contributed by atoms with van der Waals surface area (Å²) >= 11 is 7.27. The van der Waals surface area contributed by atoms with Gasteiger partial charge in [-0.1, -0.05) is 11.6 Å². The van der Waals surface area contributed by atoms with E-state index in [1.165, 1.54) is 11.8 Å². The molecule has 0 atom stereocenters. The van der Waals surface area contributed by atoms with Crippen LogP contribution in [0.15, 0.2) is 29.2 Å². The summed E-state index contributed by atoms with van der Waals surface area (Å²) in [5, 5.41) is 9.21. The van der Waals surface area contributed by atoms with Crippen molar-refractivity contribution >= 4 is 29.3 Å². The number of nitriles is 1. The first-order valence-corrected chi connectivity index (χ1v) is 7.06. The number of hydrogen-bond acceptors (Lipinski definition) is 3. The second-order valence-corrected chi connectivity index (χ2v) is 5.11. The van der Waals surface area contributed by atoms with Crippen LogP contribution in [0.5, 0.6) is 0 Å². The monoisotopic (exact) mass is 282 g/mol. The van der Waals surface area contributed by atoms with Crippen molar-refractivity contribution in [3.63, 3.8) is 0 Å². The molecule has 0 fully saturated rings. The van der Waals surface area contributed by atoms with Crippen LogP contribution in [0.25, 0.3) is 0 Å². The lowest BCUT2D eigenvalue weighted by molar-refractivity contribution is -0.128. The number of benzene rings is 1. The lowest BCUT2D eigenvalue weighted by atomic mass is 10.4. The van der Waals surface area contributed by atoms with E-state index in [0.717, 1.165) is 4.90 Å². The predicted molar refractivity (Wildman–Crippen MR) is 74.7 cm³/mol. The summed E-state index contributed by atoms with van der Waals surface area (Å²) in [4.78, 5) is 14.6. The summed E-state index contributed by atoms with van der Waals surface area (Å²) in [5.41, 5.74) is 0. The van der Waals surface area contributed by atoms with Crippen molar-refractivity contribution < 1.29 is 4.79 Å². The lowest BCUT2D eigenvalue weighted by Crippen LogP contribution is -2.32. The van der Waals surface area contributed by atoms with Gasteiger partial charge in [0.05, 0.1) is 18.2 Å². The van der Waals surface area contributed by atoms with E-state index in [2.05, 4.69) is 6.07 Å². The Morgan fingerprint density at radius 1 is 1.44 bits per heavy atom. The molecule has 0 aliphatic heterocycles. The Bertz CT molecular complexity index is 428. The van der Waals surface area contributed by atoms with E-state index in [1.54, 1.807) is 4.90 Å². The zero-order valence-corrected chi connectivity index (χ0v) is 11.8. The van der Waals surface area contributed by atoms with Crippen molar-refractivity contribution in [1.82, 2.24) is 4.90 Å². The van der Waals surface area contributed by atoms with Crippen LogP contribution in [0.3, 0.4) is 0 Å². The topological polar surface area (TPSA) is 44.1 Å². The van der Waals surface area contributed by atoms with Crippen LogP contribution >= 0.6 is 23.4 Å². The zero-order valence-electron chi connectivity index (χ0n) is 10.2. The lowest BCUT2D eigenvalue weighted by Gasteiger charge is -2.19. The fourth-order valence-corrected chi connectivity index (χ4v) is 2.34. The highest BCUT2D eigenvalue weighted by atomic mass is 35.5. The van der Waals surface area contributed by atoms with Gasteiger partial charge >= 0.3 is 0 Å². The third-order valence-corrected chi connectivity index (χ3v) is 3.65. The molecule has 0 aliphatic carbocycles. The van der Waals surface area contributed by atoms with Crippen molar-refractivity contribution in [2.75, 3.05) is 18.8 Å². The number of hydrogen-bond donors (Lipinski definition) is 0. The molecule has 1 aromatic carbocycles. The highest BCUT2D eigenvalue weighted by Crippen LogP contribution is 2.20. The van der Waals surface area contributed by atoms with E-state index >= 15 is 0 Å². The van der Waals surface area contributed by atoms with Gasteiger partial charge in [-0.15, -0.1) is 11.8 Å². The van der Waals surface area contributed by atoms with Crippen molar-refractivity contribution in [1.29, 1.82) is 5.26 Å². The van der Waals surface area contributed by atoms with Crippen molar-refractivity contribution in [3.05, 3.63) is 29.3 Å². The number of thioether (sulfide) groups is 1. The number of nitrogens with zero attached hydrogens (tertiary/aromatic N) is 2. The second kappa shape index (κ2) is 8.02. The number of halogens is 1. The van der Waals surface area contributed by atoms with Crippen LogP contribution in [-0.2, 0) is 4.79 Å². The Hall–Kier alpha value is -1.18. The highest BCUT2D eigenvalue weighted by molar-refractivity contribution is 8.00. The summed E-state index contributed by atoms with van der Waals surface area (Å²) in [7, 11) is 0. The SMILES string of the molecule is CCN(CCC#N)C(=O)CSc1ccc(Cl)cc1. The first-order valence-electron chi connectivity index (χ1n) is 5.70. The Morgan fingerprint density at radius 3 is 2.67 bits per heavy atom. The van der Waals surface area contributed by atoms with E-state index in [1.807, 2.05) is 31.2 Å². The van der Waals surface area contributed by atoms with Crippen LogP contribution in [0.2, 0.25) is 5.02 Å². The maximum absolute atomic E-state index is 11.9. The molecule has 0 N–H and O–H groups in total. The number of carbonyl (C=O) groups is 1. The molecule has 0 unspecified atom stereocenters. The minimum atomic E-state index is 0.0627. The summed E-state index contributed by atoms with van der Waals surface area (Å²) in [6.45, 7) is 3.07. The quantitative estimate of drug-likeness (QED) is 0.753. The van der Waals surface area contributed by atoms with E-state index in [0.29, 0.717) is 30.3 Å². The van der Waals surface area contributed by atoms with Gasteiger partial charge < -0.3 is 4.90 Å². The van der Waals surface area contributed by atoms with Gasteiger partial charge in [0.15, 0.2) is 0 Å². The summed E-state index contributed by atoms with van der Waals surface area (Å²) in [6, 6.07) is 9.46. The van der Waals surface area contributed by atoms with Gasteiger partial charge in [0.25, 0.3) is 0 Å². The van der Waals surface area contributed by atoms with Gasteiger partial charge in [-0.05, 0) is 31.2 Å². The van der Waals surface area contributed by atoms with Gasteiger partial charge in [0.2, 0.25) is 5.91 Å². The van der Waals surface area contributed by atoms with Crippen LogP contribution in [0.4, 0.5) is 0 Å². The van der Waals surface area contributed by atoms with Gasteiger partial charge in [-0.2, -0.15) is 5.26 Å². The number of rotatable bonds is 6. The van der Waals surface area contributed by atoms with E-state index in [-0.39, 0.29) is 5.91 Å². The summed E-state index contributed by atoms with van der Waals surface area (Å²) < 4.78 is 0. The van der Waals surface area contributed by atoms with Crippen LogP contribution in [0, 0.1) is 11.3 Å². The molecule has 96 valence electrons. The summed E-state index contributed by atoms with van der Waals surface area (Å²) in [5.74, 6) is 0.452. The average Bonchev–Trinajstić information content (AvgIpc) is 2.39. The zero-order chi connectivity index (χ0) is 13.4. The molecule has 5 heteroatoms. The average molecular weight is 283 g/mol. The molecule has 0 aliphatic rings. The molecular formula is C13H15ClN2OS. The normalized spacial score (nSPS) is 9.83. The molecule has 0 radical (unpaired) electrons. The standard InChI is InChI=1S/C13H15ClN2OS/c1-2-16(9-3-8-15)13(17)10-18-12-6-4-11(14)5-7-12/h4-7H,2-3,9-10H2,1H3. The largest absolute Gasteiger partial charge is 0.341 e. The fourth-order valence-electron chi connectivity index (χ4n) is 1.41. The first kappa shape index (κ1) is 14.9. The van der Waals surface area contributed by atoms with Gasteiger partial charge in [0, 0.05) is 23.0 Å². The molecule has 18 heavy (non-hydrogen) atoms. The summed E-state index contributed by atoms with van der Waals surface area (Å²) in [6.07, 6.45) is 0.380. The Morgan fingerprint density at radius 2 is 2.11 bits per heavy atom. The minimum absolute atomic E-state index is 0.0627. The van der Waals surface area contributed by atoms with Crippen molar-refractivity contribution in [2.45, 2.75) is 18.2 Å².